The molecule has 96 valence electrons. The fourth-order valence-corrected chi connectivity index (χ4v) is 4.01. The second-order valence-electron chi connectivity index (χ2n) is 5.04. The van der Waals surface area contributed by atoms with Gasteiger partial charge in [-0.05, 0) is 12.0 Å². The summed E-state index contributed by atoms with van der Waals surface area (Å²) < 4.78 is 10.6. The van der Waals surface area contributed by atoms with Crippen molar-refractivity contribution in [3.8, 4) is 0 Å². The van der Waals surface area contributed by atoms with Crippen molar-refractivity contribution in [3.05, 3.63) is 0 Å². The Bertz CT molecular complexity index is 154. The van der Waals surface area contributed by atoms with E-state index in [9.17, 15) is 0 Å². The molecule has 0 aliphatic heterocycles. The van der Waals surface area contributed by atoms with Crippen molar-refractivity contribution in [2.45, 2.75) is 63.8 Å². The molecule has 2 nitrogen and oxygen atoms in total. The maximum absolute atomic E-state index is 5.31. The zero-order chi connectivity index (χ0) is 11.6. The van der Waals surface area contributed by atoms with Gasteiger partial charge in [0, 0.05) is 14.2 Å². The van der Waals surface area contributed by atoms with Crippen LogP contribution in [-0.4, -0.2) is 23.5 Å². The first-order valence-electron chi connectivity index (χ1n) is 6.92. The van der Waals surface area contributed by atoms with Crippen LogP contribution < -0.4 is 0 Å². The third-order valence-electron chi connectivity index (χ3n) is 3.80. The fourth-order valence-electron chi connectivity index (χ4n) is 2.73. The first-order chi connectivity index (χ1) is 7.86. The van der Waals surface area contributed by atoms with E-state index in [0.717, 1.165) is 5.92 Å². The van der Waals surface area contributed by atoms with Gasteiger partial charge in [-0.1, -0.05) is 57.8 Å². The van der Waals surface area contributed by atoms with Crippen LogP contribution in [0.4, 0.5) is 0 Å². The molecule has 0 N–H and O–H groups in total. The molecule has 1 saturated carbocycles. The van der Waals surface area contributed by atoms with Crippen LogP contribution in [0.3, 0.4) is 0 Å². The Morgan fingerprint density at radius 2 is 1.62 bits per heavy atom. The van der Waals surface area contributed by atoms with Crippen LogP contribution in [0, 0.1) is 5.92 Å². The maximum Gasteiger partial charge on any atom is 0.320 e. The highest BCUT2D eigenvalue weighted by molar-refractivity contribution is 6.44. The van der Waals surface area contributed by atoms with E-state index in [1.54, 1.807) is 14.2 Å². The quantitative estimate of drug-likeness (QED) is 0.479. The van der Waals surface area contributed by atoms with Gasteiger partial charge in [-0.3, -0.25) is 0 Å². The van der Waals surface area contributed by atoms with E-state index < -0.39 is 9.28 Å². The molecule has 0 aromatic heterocycles. The van der Waals surface area contributed by atoms with Gasteiger partial charge in [0.2, 0.25) is 0 Å². The average molecular weight is 244 g/mol. The van der Waals surface area contributed by atoms with Crippen LogP contribution in [0.1, 0.15) is 57.8 Å². The lowest BCUT2D eigenvalue weighted by Crippen LogP contribution is -2.18. The van der Waals surface area contributed by atoms with E-state index in [2.05, 4.69) is 0 Å². The monoisotopic (exact) mass is 244 g/mol. The number of unbranched alkanes of at least 4 members (excludes halogenated alkanes) is 2. The molecule has 0 amide bonds. The summed E-state index contributed by atoms with van der Waals surface area (Å²) in [6.07, 6.45) is 13.0. The minimum absolute atomic E-state index is 1.05. The van der Waals surface area contributed by atoms with Crippen LogP contribution in [0.15, 0.2) is 0 Å². The Hall–Kier alpha value is 0.137. The third-order valence-corrected chi connectivity index (χ3v) is 5.73. The van der Waals surface area contributed by atoms with E-state index in [1.165, 1.54) is 63.8 Å². The van der Waals surface area contributed by atoms with Crippen molar-refractivity contribution in [2.75, 3.05) is 14.2 Å². The minimum Gasteiger partial charge on any atom is -0.400 e. The predicted octanol–water partition coefficient (Wildman–Crippen LogP) is 3.64. The molecule has 1 fully saturated rings. The molecule has 0 atom stereocenters. The Kier molecular flexibility index (Phi) is 8.16. The molecule has 0 radical (unpaired) electrons. The van der Waals surface area contributed by atoms with Gasteiger partial charge in [-0.25, -0.2) is 0 Å². The van der Waals surface area contributed by atoms with Crippen molar-refractivity contribution in [3.63, 3.8) is 0 Å². The Balaban J connectivity index is 1.90. The number of rotatable bonds is 8. The summed E-state index contributed by atoms with van der Waals surface area (Å²) in [5.74, 6) is 1.05. The number of hydrogen-bond donors (Lipinski definition) is 0. The van der Waals surface area contributed by atoms with Crippen LogP contribution in [0.25, 0.3) is 0 Å². The molecule has 0 bridgehead atoms. The molecule has 3 heteroatoms. The largest absolute Gasteiger partial charge is 0.400 e. The van der Waals surface area contributed by atoms with Crippen molar-refractivity contribution in [1.82, 2.24) is 0 Å². The maximum atomic E-state index is 5.31. The molecule has 0 spiro atoms. The van der Waals surface area contributed by atoms with Gasteiger partial charge in [0.25, 0.3) is 0 Å². The van der Waals surface area contributed by atoms with Crippen LogP contribution in [-0.2, 0) is 8.85 Å². The molecule has 1 rings (SSSR count). The molecular weight excluding hydrogens is 216 g/mol. The van der Waals surface area contributed by atoms with Gasteiger partial charge < -0.3 is 8.85 Å². The highest BCUT2D eigenvalue weighted by Crippen LogP contribution is 2.28. The van der Waals surface area contributed by atoms with Gasteiger partial charge in [0.05, 0.1) is 0 Å². The van der Waals surface area contributed by atoms with E-state index in [-0.39, 0.29) is 0 Å². The summed E-state index contributed by atoms with van der Waals surface area (Å²) >= 11 is 0. The minimum atomic E-state index is -1.27. The summed E-state index contributed by atoms with van der Waals surface area (Å²) in [5, 5.41) is 0. The average Bonchev–Trinajstić information content (AvgIpc) is 2.35. The summed E-state index contributed by atoms with van der Waals surface area (Å²) in [7, 11) is 2.29. The molecule has 0 saturated heterocycles. The summed E-state index contributed by atoms with van der Waals surface area (Å²) in [6.45, 7) is 0. The highest BCUT2D eigenvalue weighted by atomic mass is 28.3. The van der Waals surface area contributed by atoms with Crippen LogP contribution in [0.5, 0.6) is 0 Å². The SMILES string of the molecule is CO[SiH](CCCCCC1CCCCC1)OC. The van der Waals surface area contributed by atoms with Crippen molar-refractivity contribution >= 4 is 9.28 Å². The van der Waals surface area contributed by atoms with E-state index in [4.69, 9.17) is 8.85 Å². The van der Waals surface area contributed by atoms with Crippen LogP contribution in [0.2, 0.25) is 6.04 Å². The molecule has 0 unspecified atom stereocenters. The fraction of sp³-hybridized carbons (Fsp3) is 1.00. The van der Waals surface area contributed by atoms with Crippen LogP contribution >= 0.6 is 0 Å². The Morgan fingerprint density at radius 3 is 2.25 bits per heavy atom. The zero-order valence-electron chi connectivity index (χ0n) is 11.0. The number of hydrogen-bond acceptors (Lipinski definition) is 2. The van der Waals surface area contributed by atoms with Crippen molar-refractivity contribution in [1.29, 1.82) is 0 Å². The summed E-state index contributed by atoms with van der Waals surface area (Å²) in [4.78, 5) is 0. The summed E-state index contributed by atoms with van der Waals surface area (Å²) in [6, 6.07) is 1.18. The zero-order valence-corrected chi connectivity index (χ0v) is 12.2. The lowest BCUT2D eigenvalue weighted by Gasteiger charge is -2.21. The van der Waals surface area contributed by atoms with Crippen molar-refractivity contribution in [2.24, 2.45) is 5.92 Å². The molecular formula is C13H28O2Si. The second-order valence-corrected chi connectivity index (χ2v) is 7.42. The van der Waals surface area contributed by atoms with Gasteiger partial charge >= 0.3 is 9.28 Å². The van der Waals surface area contributed by atoms with E-state index in [1.807, 2.05) is 0 Å². The molecule has 0 aromatic carbocycles. The third kappa shape index (κ3) is 6.02. The van der Waals surface area contributed by atoms with Gasteiger partial charge in [0.15, 0.2) is 0 Å². The van der Waals surface area contributed by atoms with E-state index in [0.29, 0.717) is 0 Å². The normalized spacial score (nSPS) is 18.2. The Morgan fingerprint density at radius 1 is 0.938 bits per heavy atom. The van der Waals surface area contributed by atoms with Gasteiger partial charge in [-0.15, -0.1) is 0 Å². The molecule has 0 aromatic rings. The smallest absolute Gasteiger partial charge is 0.320 e. The summed E-state index contributed by atoms with van der Waals surface area (Å²) in [5.41, 5.74) is 0. The lowest BCUT2D eigenvalue weighted by molar-refractivity contribution is 0.275. The predicted molar refractivity (Wildman–Crippen MR) is 71.0 cm³/mol. The topological polar surface area (TPSA) is 18.5 Å². The van der Waals surface area contributed by atoms with Crippen molar-refractivity contribution < 1.29 is 8.85 Å². The molecule has 0 heterocycles. The second kappa shape index (κ2) is 9.20. The Labute approximate surface area is 103 Å². The van der Waals surface area contributed by atoms with Gasteiger partial charge in [0.1, 0.15) is 0 Å². The highest BCUT2D eigenvalue weighted by Gasteiger charge is 2.13. The van der Waals surface area contributed by atoms with E-state index >= 15 is 0 Å². The molecule has 1 aliphatic rings. The first kappa shape index (κ1) is 14.2. The van der Waals surface area contributed by atoms with Gasteiger partial charge in [-0.2, -0.15) is 0 Å². The molecule has 16 heavy (non-hydrogen) atoms. The standard InChI is InChI=1S/C13H28O2Si/c1-14-16(15-2)12-8-4-7-11-13-9-5-3-6-10-13/h13,16H,3-12H2,1-2H3. The first-order valence-corrected chi connectivity index (χ1v) is 8.68. The lowest BCUT2D eigenvalue weighted by atomic mass is 9.86. The molecule has 1 aliphatic carbocycles.